The zero-order chi connectivity index (χ0) is 34.7. The van der Waals surface area contributed by atoms with Gasteiger partial charge in [0.2, 0.25) is 5.91 Å². The van der Waals surface area contributed by atoms with Gasteiger partial charge in [-0.05, 0) is 44.9 Å². The number of hydrogen-bond donors (Lipinski definition) is 3. The van der Waals surface area contributed by atoms with Gasteiger partial charge in [0, 0.05) is 6.42 Å². The number of aliphatic hydroxyl groups excluding tert-OH is 1. The fourth-order valence-corrected chi connectivity index (χ4v) is 6.83. The Morgan fingerprint density at radius 1 is 0.553 bits per heavy atom. The number of carbonyl (C=O) groups excluding carboxylic acids is 1. The van der Waals surface area contributed by atoms with E-state index in [-0.39, 0.29) is 12.3 Å². The van der Waals surface area contributed by atoms with Crippen molar-refractivity contribution in [2.45, 2.75) is 219 Å². The van der Waals surface area contributed by atoms with Crippen LogP contribution in [-0.2, 0) is 14.9 Å². The van der Waals surface area contributed by atoms with Crippen LogP contribution in [0, 0.1) is 0 Å². The van der Waals surface area contributed by atoms with E-state index in [1.807, 2.05) is 6.08 Å². The monoisotopic (exact) mass is 684 g/mol. The first-order valence-corrected chi connectivity index (χ1v) is 21.6. The molecule has 2 atom stereocenters. The first kappa shape index (κ1) is 45.8. The lowest BCUT2D eigenvalue weighted by Crippen LogP contribution is -2.46. The molecule has 0 aliphatic heterocycles. The van der Waals surface area contributed by atoms with Gasteiger partial charge in [-0.25, -0.2) is 0 Å². The number of allylic oxidation sites excluding steroid dienone is 3. The molecule has 278 valence electrons. The SMILES string of the molecule is CCCCCCC/C=C\CCCCCCCC(=O)NC(CS(=O)(=O)O)C(O)/C=C/CCCCCCCCCCCCCCCCCC. The van der Waals surface area contributed by atoms with Gasteiger partial charge in [0.1, 0.15) is 0 Å². The Labute approximate surface area is 292 Å². The normalized spacial score (nSPS) is 13.5. The van der Waals surface area contributed by atoms with Gasteiger partial charge in [0.15, 0.2) is 0 Å². The summed E-state index contributed by atoms with van der Waals surface area (Å²) in [7, 11) is -4.34. The summed E-state index contributed by atoms with van der Waals surface area (Å²) < 4.78 is 32.4. The van der Waals surface area contributed by atoms with Gasteiger partial charge < -0.3 is 10.4 Å². The highest BCUT2D eigenvalue weighted by Gasteiger charge is 2.24. The van der Waals surface area contributed by atoms with E-state index in [2.05, 4.69) is 31.3 Å². The van der Waals surface area contributed by atoms with E-state index in [1.54, 1.807) is 6.08 Å². The molecule has 0 spiro atoms. The fourth-order valence-electron chi connectivity index (χ4n) is 6.09. The molecule has 0 aromatic heterocycles. The Hall–Kier alpha value is -1.18. The first-order valence-electron chi connectivity index (χ1n) is 20.0. The molecular formula is C40H77NO5S. The first-order chi connectivity index (χ1) is 22.8. The van der Waals surface area contributed by atoms with E-state index in [0.29, 0.717) is 0 Å². The molecular weight excluding hydrogens is 607 g/mol. The van der Waals surface area contributed by atoms with Crippen LogP contribution in [0.15, 0.2) is 24.3 Å². The molecule has 0 rings (SSSR count). The zero-order valence-corrected chi connectivity index (χ0v) is 31.7. The summed E-state index contributed by atoms with van der Waals surface area (Å²) in [4.78, 5) is 12.5. The standard InChI is InChI=1S/C40H77NO5S/c1-3-5-7-9-11-13-15-17-19-20-21-22-23-25-27-29-31-33-35-39(42)38(37-47(44,45)46)41-40(43)36-34-32-30-28-26-24-18-16-14-12-10-8-6-4-2/h16,18,33,35,38-39,42H,3-15,17,19-32,34,36-37H2,1-2H3,(H,41,43)(H,44,45,46)/b18-16-,35-33+. The second-order valence-electron chi connectivity index (χ2n) is 13.9. The van der Waals surface area contributed by atoms with Crippen molar-refractivity contribution in [3.05, 3.63) is 24.3 Å². The van der Waals surface area contributed by atoms with Crippen LogP contribution < -0.4 is 5.32 Å². The fraction of sp³-hybridized carbons (Fsp3) is 0.875. The second-order valence-corrected chi connectivity index (χ2v) is 15.4. The third-order valence-corrected chi connectivity index (χ3v) is 9.90. The quantitative estimate of drug-likeness (QED) is 0.0346. The minimum atomic E-state index is -4.34. The van der Waals surface area contributed by atoms with Crippen molar-refractivity contribution in [1.82, 2.24) is 5.32 Å². The molecule has 0 bridgehead atoms. The van der Waals surface area contributed by atoms with Gasteiger partial charge >= 0.3 is 0 Å². The number of aliphatic hydroxyl groups is 1. The van der Waals surface area contributed by atoms with Crippen LogP contribution in [0.1, 0.15) is 206 Å². The topological polar surface area (TPSA) is 104 Å². The van der Waals surface area contributed by atoms with E-state index in [9.17, 15) is 22.9 Å². The van der Waals surface area contributed by atoms with Crippen LogP contribution in [0.25, 0.3) is 0 Å². The van der Waals surface area contributed by atoms with Gasteiger partial charge in [-0.1, -0.05) is 179 Å². The second kappa shape index (κ2) is 34.7. The number of carbonyl (C=O) groups is 1. The predicted octanol–water partition coefficient (Wildman–Crippen LogP) is 11.6. The number of amides is 1. The molecule has 0 saturated carbocycles. The minimum absolute atomic E-state index is 0.286. The molecule has 1 amide bonds. The van der Waals surface area contributed by atoms with Crippen LogP contribution in [0.3, 0.4) is 0 Å². The van der Waals surface area contributed by atoms with Crippen molar-refractivity contribution in [2.75, 3.05) is 5.75 Å². The zero-order valence-electron chi connectivity index (χ0n) is 30.9. The summed E-state index contributed by atoms with van der Waals surface area (Å²) in [5.41, 5.74) is 0. The van der Waals surface area contributed by atoms with E-state index < -0.39 is 28.0 Å². The number of nitrogens with one attached hydrogen (secondary N) is 1. The molecule has 0 heterocycles. The molecule has 6 nitrogen and oxygen atoms in total. The van der Waals surface area contributed by atoms with E-state index in [0.717, 1.165) is 57.8 Å². The van der Waals surface area contributed by atoms with Crippen molar-refractivity contribution in [3.8, 4) is 0 Å². The maximum Gasteiger partial charge on any atom is 0.267 e. The minimum Gasteiger partial charge on any atom is -0.387 e. The van der Waals surface area contributed by atoms with Crippen molar-refractivity contribution in [2.24, 2.45) is 0 Å². The maximum absolute atomic E-state index is 12.5. The largest absolute Gasteiger partial charge is 0.387 e. The number of hydrogen-bond acceptors (Lipinski definition) is 4. The average Bonchev–Trinajstić information content (AvgIpc) is 3.03. The third-order valence-electron chi connectivity index (χ3n) is 9.12. The summed E-state index contributed by atoms with van der Waals surface area (Å²) in [6, 6.07) is -1.06. The van der Waals surface area contributed by atoms with Crippen LogP contribution in [0.4, 0.5) is 0 Å². The van der Waals surface area contributed by atoms with Crippen molar-refractivity contribution in [1.29, 1.82) is 0 Å². The molecule has 47 heavy (non-hydrogen) atoms. The Kier molecular flexibility index (Phi) is 33.8. The lowest BCUT2D eigenvalue weighted by molar-refractivity contribution is -0.122. The predicted molar refractivity (Wildman–Crippen MR) is 202 cm³/mol. The molecule has 0 aromatic carbocycles. The highest BCUT2D eigenvalue weighted by Crippen LogP contribution is 2.15. The Morgan fingerprint density at radius 2 is 0.894 bits per heavy atom. The molecule has 2 unspecified atom stereocenters. The van der Waals surface area contributed by atoms with Gasteiger partial charge in [-0.3, -0.25) is 9.35 Å². The lowest BCUT2D eigenvalue weighted by Gasteiger charge is -2.21. The van der Waals surface area contributed by atoms with Crippen molar-refractivity contribution in [3.63, 3.8) is 0 Å². The highest BCUT2D eigenvalue weighted by atomic mass is 32.2. The summed E-state index contributed by atoms with van der Waals surface area (Å²) in [6.45, 7) is 4.51. The van der Waals surface area contributed by atoms with Gasteiger partial charge in [0.25, 0.3) is 10.1 Å². The molecule has 3 N–H and O–H groups in total. The number of rotatable bonds is 36. The van der Waals surface area contributed by atoms with Crippen LogP contribution in [-0.4, -0.2) is 41.9 Å². The molecule has 0 radical (unpaired) electrons. The van der Waals surface area contributed by atoms with Gasteiger partial charge in [-0.15, -0.1) is 0 Å². The third kappa shape index (κ3) is 35.9. The highest BCUT2D eigenvalue weighted by molar-refractivity contribution is 7.85. The van der Waals surface area contributed by atoms with Crippen LogP contribution >= 0.6 is 0 Å². The van der Waals surface area contributed by atoms with Crippen molar-refractivity contribution < 1.29 is 22.9 Å². The molecule has 0 aliphatic carbocycles. The van der Waals surface area contributed by atoms with E-state index >= 15 is 0 Å². The summed E-state index contributed by atoms with van der Waals surface area (Å²) in [5, 5.41) is 13.2. The van der Waals surface area contributed by atoms with Gasteiger partial charge in [0.05, 0.1) is 17.9 Å². The molecule has 0 saturated heterocycles. The Balaban J connectivity index is 3.93. The molecule has 0 fully saturated rings. The smallest absolute Gasteiger partial charge is 0.267 e. The van der Waals surface area contributed by atoms with E-state index in [4.69, 9.17) is 0 Å². The van der Waals surface area contributed by atoms with Crippen molar-refractivity contribution >= 4 is 16.0 Å². The van der Waals surface area contributed by atoms with Gasteiger partial charge in [-0.2, -0.15) is 8.42 Å². The Morgan fingerprint density at radius 3 is 1.28 bits per heavy atom. The average molecular weight is 684 g/mol. The van der Waals surface area contributed by atoms with E-state index in [1.165, 1.54) is 128 Å². The molecule has 7 heteroatoms. The van der Waals surface area contributed by atoms with Crippen LogP contribution in [0.2, 0.25) is 0 Å². The lowest BCUT2D eigenvalue weighted by atomic mass is 10.0. The summed E-state index contributed by atoms with van der Waals surface area (Å²) in [6.07, 6.45) is 43.0. The molecule has 0 aliphatic rings. The maximum atomic E-state index is 12.5. The van der Waals surface area contributed by atoms with Crippen LogP contribution in [0.5, 0.6) is 0 Å². The molecule has 0 aromatic rings. The summed E-state index contributed by atoms with van der Waals surface area (Å²) in [5.74, 6) is -0.985. The number of unbranched alkanes of at least 4 members (excludes halogenated alkanes) is 26. The summed E-state index contributed by atoms with van der Waals surface area (Å²) >= 11 is 0. The Bertz CT molecular complexity index is 842.